The van der Waals surface area contributed by atoms with Crippen molar-refractivity contribution >= 4 is 11.6 Å². The maximum atomic E-state index is 14.6. The number of nitrogens with one attached hydrogen (secondary N) is 1. The Morgan fingerprint density at radius 3 is 2.48 bits per heavy atom. The highest BCUT2D eigenvalue weighted by Crippen LogP contribution is 2.25. The maximum absolute atomic E-state index is 14.6. The normalized spacial score (nSPS) is 11.9. The lowest BCUT2D eigenvalue weighted by Crippen LogP contribution is -2.19. The van der Waals surface area contributed by atoms with Crippen LogP contribution in [-0.2, 0) is 5.60 Å². The highest BCUT2D eigenvalue weighted by atomic mass is 19.1. The molecule has 0 saturated carbocycles. The first-order valence-corrected chi connectivity index (χ1v) is 8.83. The van der Waals surface area contributed by atoms with Gasteiger partial charge in [0.05, 0.1) is 23.4 Å². The Hall–Kier alpha value is -2.80. The van der Waals surface area contributed by atoms with Gasteiger partial charge in [-0.25, -0.2) is 19.3 Å². The van der Waals surface area contributed by atoms with E-state index in [0.717, 1.165) is 11.4 Å². The van der Waals surface area contributed by atoms with Crippen molar-refractivity contribution < 1.29 is 9.50 Å². The summed E-state index contributed by atoms with van der Waals surface area (Å²) in [7, 11) is 0. The summed E-state index contributed by atoms with van der Waals surface area (Å²) in [5.41, 5.74) is 1.96. The summed E-state index contributed by atoms with van der Waals surface area (Å²) in [6.45, 7) is 9.23. The zero-order valence-corrected chi connectivity index (χ0v) is 16.2. The molecule has 2 heterocycles. The number of aliphatic hydroxyl groups is 1. The van der Waals surface area contributed by atoms with E-state index in [1.165, 1.54) is 6.07 Å². The fraction of sp³-hybridized carbons (Fsp3) is 0.350. The van der Waals surface area contributed by atoms with Gasteiger partial charge in [0, 0.05) is 17.6 Å². The van der Waals surface area contributed by atoms with Crippen molar-refractivity contribution in [2.75, 3.05) is 5.32 Å². The molecule has 0 spiro atoms. The van der Waals surface area contributed by atoms with Gasteiger partial charge in [0.15, 0.2) is 0 Å². The molecule has 142 valence electrons. The van der Waals surface area contributed by atoms with Gasteiger partial charge >= 0.3 is 0 Å². The Kier molecular flexibility index (Phi) is 4.97. The molecule has 0 saturated heterocycles. The van der Waals surface area contributed by atoms with Crippen molar-refractivity contribution in [3.8, 4) is 5.69 Å². The number of anilines is 2. The monoisotopic (exact) mass is 369 g/mol. The number of rotatable bonds is 5. The Labute approximate surface area is 158 Å². The van der Waals surface area contributed by atoms with E-state index in [4.69, 9.17) is 0 Å². The van der Waals surface area contributed by atoms with Crippen LogP contribution in [0.5, 0.6) is 0 Å². The first kappa shape index (κ1) is 19.0. The summed E-state index contributed by atoms with van der Waals surface area (Å²) >= 11 is 0. The van der Waals surface area contributed by atoms with Crippen LogP contribution in [0.3, 0.4) is 0 Å². The smallest absolute Gasteiger partial charge is 0.227 e. The van der Waals surface area contributed by atoms with Crippen molar-refractivity contribution in [1.29, 1.82) is 0 Å². The lowest BCUT2D eigenvalue weighted by atomic mass is 10.0. The van der Waals surface area contributed by atoms with E-state index in [9.17, 15) is 9.50 Å². The summed E-state index contributed by atoms with van der Waals surface area (Å²) < 4.78 is 16.2. The third-order valence-corrected chi connectivity index (χ3v) is 4.16. The minimum atomic E-state index is -1.10. The predicted molar refractivity (Wildman–Crippen MR) is 103 cm³/mol. The van der Waals surface area contributed by atoms with Crippen LogP contribution in [-0.4, -0.2) is 24.6 Å². The van der Waals surface area contributed by atoms with E-state index in [2.05, 4.69) is 20.3 Å². The fourth-order valence-electron chi connectivity index (χ4n) is 2.61. The van der Waals surface area contributed by atoms with E-state index >= 15 is 0 Å². The predicted octanol–water partition coefficient (Wildman–Crippen LogP) is 4.20. The lowest BCUT2D eigenvalue weighted by molar-refractivity contribution is 0.0737. The average molecular weight is 369 g/mol. The molecule has 0 bridgehead atoms. The van der Waals surface area contributed by atoms with Crippen LogP contribution in [0, 0.1) is 12.7 Å². The van der Waals surface area contributed by atoms with Gasteiger partial charge in [-0.1, -0.05) is 13.8 Å². The van der Waals surface area contributed by atoms with Crippen LogP contribution in [0.2, 0.25) is 0 Å². The fourth-order valence-corrected chi connectivity index (χ4v) is 2.61. The van der Waals surface area contributed by atoms with Gasteiger partial charge in [-0.05, 0) is 51.0 Å². The Morgan fingerprint density at radius 1 is 1.19 bits per heavy atom. The quantitative estimate of drug-likeness (QED) is 0.705. The van der Waals surface area contributed by atoms with Gasteiger partial charge in [0.2, 0.25) is 5.95 Å². The van der Waals surface area contributed by atoms with E-state index in [1.807, 2.05) is 20.8 Å². The van der Waals surface area contributed by atoms with Crippen molar-refractivity contribution in [1.82, 2.24) is 19.5 Å². The molecule has 7 heteroatoms. The number of hydrogen-bond donors (Lipinski definition) is 2. The van der Waals surface area contributed by atoms with Crippen LogP contribution in [0.15, 0.2) is 36.8 Å². The van der Waals surface area contributed by atoms with Crippen LogP contribution < -0.4 is 5.32 Å². The minimum Gasteiger partial charge on any atom is -0.384 e. The van der Waals surface area contributed by atoms with Crippen LogP contribution in [0.25, 0.3) is 5.69 Å². The van der Waals surface area contributed by atoms with Gasteiger partial charge in [-0.3, -0.25) is 0 Å². The number of halogens is 1. The molecule has 0 unspecified atom stereocenters. The molecule has 2 aromatic heterocycles. The third-order valence-electron chi connectivity index (χ3n) is 4.16. The van der Waals surface area contributed by atoms with Crippen molar-refractivity contribution in [3.05, 3.63) is 59.7 Å². The summed E-state index contributed by atoms with van der Waals surface area (Å²) in [4.78, 5) is 13.0. The Morgan fingerprint density at radius 2 is 1.93 bits per heavy atom. The summed E-state index contributed by atoms with van der Waals surface area (Å²) in [6, 6.07) is 6.60. The van der Waals surface area contributed by atoms with Crippen molar-refractivity contribution in [3.63, 3.8) is 0 Å². The molecule has 3 aromatic rings. The maximum Gasteiger partial charge on any atom is 0.227 e. The molecule has 0 aliphatic heterocycles. The van der Waals surface area contributed by atoms with Gasteiger partial charge in [-0.15, -0.1) is 0 Å². The van der Waals surface area contributed by atoms with Crippen LogP contribution in [0.4, 0.5) is 16.0 Å². The molecule has 0 amide bonds. The molecule has 27 heavy (non-hydrogen) atoms. The minimum absolute atomic E-state index is 0.165. The molecule has 0 aliphatic rings. The molecule has 0 radical (unpaired) electrons. The molecule has 0 aliphatic carbocycles. The van der Waals surface area contributed by atoms with Crippen LogP contribution >= 0.6 is 0 Å². The zero-order valence-electron chi connectivity index (χ0n) is 16.2. The van der Waals surface area contributed by atoms with E-state index in [1.54, 1.807) is 49.1 Å². The SMILES string of the molecule is Cc1cn(-c2ccc(Nc3nc(C(C)C)cc(C(C)(C)O)n3)cc2F)cn1. The largest absolute Gasteiger partial charge is 0.384 e. The number of nitrogens with zero attached hydrogens (tertiary/aromatic N) is 4. The van der Waals surface area contributed by atoms with E-state index in [0.29, 0.717) is 23.0 Å². The third kappa shape index (κ3) is 4.31. The van der Waals surface area contributed by atoms with Gasteiger partial charge in [0.25, 0.3) is 0 Å². The second-order valence-electron chi connectivity index (χ2n) is 7.43. The number of aryl methyl sites for hydroxylation is 1. The highest BCUT2D eigenvalue weighted by molar-refractivity contribution is 5.56. The number of benzene rings is 1. The molecular formula is C20H24FN5O. The van der Waals surface area contributed by atoms with Gasteiger partial charge < -0.3 is 15.0 Å². The van der Waals surface area contributed by atoms with E-state index < -0.39 is 5.60 Å². The van der Waals surface area contributed by atoms with Gasteiger partial charge in [-0.2, -0.15) is 0 Å². The average Bonchev–Trinajstić information content (AvgIpc) is 3.00. The number of hydrogen-bond acceptors (Lipinski definition) is 5. The molecule has 3 rings (SSSR count). The molecule has 6 nitrogen and oxygen atoms in total. The van der Waals surface area contributed by atoms with Crippen molar-refractivity contribution in [2.24, 2.45) is 0 Å². The second kappa shape index (κ2) is 7.08. The van der Waals surface area contributed by atoms with E-state index in [-0.39, 0.29) is 11.7 Å². The standard InChI is InChI=1S/C20H24FN5O/c1-12(2)16-9-18(20(4,5)27)25-19(24-16)23-14-6-7-17(15(21)8-14)26-10-13(3)22-11-26/h6-12,27H,1-5H3,(H,23,24,25). The van der Waals surface area contributed by atoms with Crippen LogP contribution in [0.1, 0.15) is 50.7 Å². The zero-order chi connectivity index (χ0) is 19.8. The first-order chi connectivity index (χ1) is 12.6. The molecular weight excluding hydrogens is 345 g/mol. The Bertz CT molecular complexity index is 959. The lowest BCUT2D eigenvalue weighted by Gasteiger charge is -2.19. The molecule has 0 atom stereocenters. The van der Waals surface area contributed by atoms with Gasteiger partial charge in [0.1, 0.15) is 11.4 Å². The highest BCUT2D eigenvalue weighted by Gasteiger charge is 2.21. The Balaban J connectivity index is 1.93. The number of imidazole rings is 1. The molecule has 1 aromatic carbocycles. The summed E-state index contributed by atoms with van der Waals surface area (Å²) in [6.07, 6.45) is 3.34. The molecule has 0 fully saturated rings. The van der Waals surface area contributed by atoms with Crippen molar-refractivity contribution in [2.45, 2.75) is 46.1 Å². The summed E-state index contributed by atoms with van der Waals surface area (Å²) in [5.74, 6) is 0.0994. The topological polar surface area (TPSA) is 75.9 Å². The molecule has 2 N–H and O–H groups in total. The second-order valence-corrected chi connectivity index (χ2v) is 7.43. The first-order valence-electron chi connectivity index (χ1n) is 8.83. The summed E-state index contributed by atoms with van der Waals surface area (Å²) in [5, 5.41) is 13.3. The number of aromatic nitrogens is 4.